The van der Waals surface area contributed by atoms with Crippen molar-refractivity contribution in [2.24, 2.45) is 0 Å². The van der Waals surface area contributed by atoms with Gasteiger partial charge in [0, 0.05) is 29.9 Å². The number of carboxylic acids is 1. The summed E-state index contributed by atoms with van der Waals surface area (Å²) in [4.78, 5) is 41.8. The van der Waals surface area contributed by atoms with Crippen LogP contribution in [-0.4, -0.2) is 27.0 Å². The van der Waals surface area contributed by atoms with Gasteiger partial charge in [0.15, 0.2) is 0 Å². The predicted octanol–water partition coefficient (Wildman–Crippen LogP) is 2.79. The van der Waals surface area contributed by atoms with Crippen LogP contribution in [0.4, 0.5) is 0 Å². The maximum atomic E-state index is 12.2. The maximum Gasteiger partial charge on any atom is 0.341 e. The third-order valence-corrected chi connectivity index (χ3v) is 4.74. The van der Waals surface area contributed by atoms with Crippen LogP contribution >= 0.6 is 23.2 Å². The van der Waals surface area contributed by atoms with E-state index in [1.807, 2.05) is 0 Å². The van der Waals surface area contributed by atoms with Gasteiger partial charge in [-0.25, -0.2) is 4.79 Å². The third-order valence-electron chi connectivity index (χ3n) is 3.91. The van der Waals surface area contributed by atoms with Crippen molar-refractivity contribution < 1.29 is 14.7 Å². The Bertz CT molecular complexity index is 1100. The van der Waals surface area contributed by atoms with Crippen LogP contribution in [0.1, 0.15) is 21.5 Å². The van der Waals surface area contributed by atoms with E-state index in [9.17, 15) is 14.4 Å². The van der Waals surface area contributed by atoms with E-state index in [-0.39, 0.29) is 28.9 Å². The third kappa shape index (κ3) is 4.10. The van der Waals surface area contributed by atoms with E-state index in [4.69, 9.17) is 28.3 Å². The molecular formula is C18H13Cl2N3O4. The van der Waals surface area contributed by atoms with Crippen LogP contribution < -0.4 is 10.9 Å². The lowest BCUT2D eigenvalue weighted by molar-refractivity contribution is -0.120. The highest BCUT2D eigenvalue weighted by molar-refractivity contribution is 6.43. The van der Waals surface area contributed by atoms with Gasteiger partial charge in [0.2, 0.25) is 5.91 Å². The molecule has 0 saturated heterocycles. The Balaban J connectivity index is 1.92. The molecule has 0 aliphatic heterocycles. The maximum absolute atomic E-state index is 12.2. The van der Waals surface area contributed by atoms with E-state index in [0.29, 0.717) is 16.5 Å². The Kier molecular flexibility index (Phi) is 5.43. The summed E-state index contributed by atoms with van der Waals surface area (Å²) < 4.78 is 0. The summed E-state index contributed by atoms with van der Waals surface area (Å²) in [5, 5.41) is 12.6. The number of aromatic carboxylic acids is 1. The first kappa shape index (κ1) is 18.9. The lowest BCUT2D eigenvalue weighted by atomic mass is 10.1. The van der Waals surface area contributed by atoms with Crippen molar-refractivity contribution in [3.05, 3.63) is 73.7 Å². The molecule has 0 aliphatic rings. The van der Waals surface area contributed by atoms with E-state index < -0.39 is 17.1 Å². The molecule has 1 aromatic carbocycles. The van der Waals surface area contributed by atoms with Gasteiger partial charge in [-0.15, -0.1) is 0 Å². The number of halogens is 2. The van der Waals surface area contributed by atoms with Crippen LogP contribution in [-0.2, 0) is 17.8 Å². The zero-order valence-electron chi connectivity index (χ0n) is 13.8. The van der Waals surface area contributed by atoms with Crippen molar-refractivity contribution in [2.45, 2.75) is 13.0 Å². The molecule has 2 aromatic heterocycles. The number of aromatic nitrogens is 2. The van der Waals surface area contributed by atoms with Crippen LogP contribution in [0.2, 0.25) is 10.0 Å². The van der Waals surface area contributed by atoms with Gasteiger partial charge in [-0.05, 0) is 23.8 Å². The lowest BCUT2D eigenvalue weighted by Crippen LogP contribution is -2.25. The topological polar surface area (TPSA) is 112 Å². The number of fused-ring (bicyclic) bond motifs is 1. The van der Waals surface area contributed by atoms with Crippen LogP contribution in [0.5, 0.6) is 0 Å². The molecule has 2 heterocycles. The van der Waals surface area contributed by atoms with E-state index >= 15 is 0 Å². The fourth-order valence-corrected chi connectivity index (χ4v) is 3.07. The van der Waals surface area contributed by atoms with Gasteiger partial charge in [-0.3, -0.25) is 14.6 Å². The molecule has 7 nitrogen and oxygen atoms in total. The van der Waals surface area contributed by atoms with Gasteiger partial charge in [0.1, 0.15) is 5.56 Å². The first-order valence-corrected chi connectivity index (χ1v) is 8.55. The Morgan fingerprint density at radius 2 is 2.04 bits per heavy atom. The summed E-state index contributed by atoms with van der Waals surface area (Å²) in [5.41, 5.74) is 0.286. The summed E-state index contributed by atoms with van der Waals surface area (Å²) in [6.45, 7) is 0.0113. The first-order chi connectivity index (χ1) is 12.9. The van der Waals surface area contributed by atoms with Gasteiger partial charge in [0.25, 0.3) is 5.56 Å². The lowest BCUT2D eigenvalue weighted by Gasteiger charge is -2.12. The quantitative estimate of drug-likeness (QED) is 0.603. The zero-order valence-corrected chi connectivity index (χ0v) is 15.3. The van der Waals surface area contributed by atoms with Gasteiger partial charge < -0.3 is 15.4 Å². The molecule has 138 valence electrons. The summed E-state index contributed by atoms with van der Waals surface area (Å²) >= 11 is 12.4. The van der Waals surface area contributed by atoms with Gasteiger partial charge in [0.05, 0.1) is 22.0 Å². The molecule has 27 heavy (non-hydrogen) atoms. The number of aromatic amines is 1. The molecule has 0 spiro atoms. The number of carboxylic acid groups (broad SMARTS) is 1. The smallest absolute Gasteiger partial charge is 0.341 e. The molecule has 9 heteroatoms. The number of benzene rings is 1. The first-order valence-electron chi connectivity index (χ1n) is 7.79. The van der Waals surface area contributed by atoms with Crippen molar-refractivity contribution in [1.29, 1.82) is 0 Å². The number of nitrogens with zero attached hydrogens (tertiary/aromatic N) is 1. The number of rotatable bonds is 5. The minimum Gasteiger partial charge on any atom is -0.477 e. The summed E-state index contributed by atoms with van der Waals surface area (Å²) in [5.74, 6) is -1.62. The molecular weight excluding hydrogens is 393 g/mol. The van der Waals surface area contributed by atoms with E-state index in [1.54, 1.807) is 24.5 Å². The average Bonchev–Trinajstić information content (AvgIpc) is 2.63. The number of hydrogen-bond acceptors (Lipinski definition) is 4. The standard InChI is InChI=1S/C18H13Cl2N3O4/c19-13-6-10-5-11(18(26)27)17(25)23-16(10)12(15(13)20)8-22-14(24)4-9-2-1-3-21-7-9/h1-3,5-7H,4,8H2,(H,22,24)(H,23,25)(H,26,27). The fraction of sp³-hybridized carbons (Fsp3) is 0.111. The molecule has 0 bridgehead atoms. The molecule has 3 aromatic rings. The number of nitrogens with one attached hydrogen (secondary N) is 2. The molecule has 0 saturated carbocycles. The predicted molar refractivity (Wildman–Crippen MR) is 101 cm³/mol. The second kappa shape index (κ2) is 7.77. The number of pyridine rings is 2. The Morgan fingerprint density at radius 3 is 2.70 bits per heavy atom. The Labute approximate surface area is 163 Å². The van der Waals surface area contributed by atoms with Gasteiger partial charge in [-0.1, -0.05) is 29.3 Å². The summed E-state index contributed by atoms with van der Waals surface area (Å²) in [6.07, 6.45) is 3.33. The SMILES string of the molecule is O=C(Cc1cccnc1)NCc1c(Cl)c(Cl)cc2cc(C(=O)O)c(=O)[nH]c12. The Hall–Kier alpha value is -2.90. The van der Waals surface area contributed by atoms with E-state index in [0.717, 1.165) is 5.56 Å². The second-order valence-corrected chi connectivity index (χ2v) is 6.53. The summed E-state index contributed by atoms with van der Waals surface area (Å²) in [7, 11) is 0. The van der Waals surface area contributed by atoms with Crippen LogP contribution in [0.15, 0.2) is 41.5 Å². The molecule has 3 N–H and O–H groups in total. The highest BCUT2D eigenvalue weighted by atomic mass is 35.5. The molecule has 0 aliphatic carbocycles. The van der Waals surface area contributed by atoms with Gasteiger partial charge >= 0.3 is 5.97 Å². The van der Waals surface area contributed by atoms with Crippen molar-refractivity contribution in [1.82, 2.24) is 15.3 Å². The molecule has 0 radical (unpaired) electrons. The van der Waals surface area contributed by atoms with Crippen molar-refractivity contribution in [3.8, 4) is 0 Å². The number of carbonyl (C=O) groups excluding carboxylic acids is 1. The van der Waals surface area contributed by atoms with E-state index in [2.05, 4.69) is 15.3 Å². The monoisotopic (exact) mass is 405 g/mol. The summed E-state index contributed by atoms with van der Waals surface area (Å²) in [6, 6.07) is 6.19. The fourth-order valence-electron chi connectivity index (χ4n) is 2.63. The number of H-pyrrole nitrogens is 1. The highest BCUT2D eigenvalue weighted by Crippen LogP contribution is 2.32. The van der Waals surface area contributed by atoms with Crippen LogP contribution in [0.25, 0.3) is 10.9 Å². The molecule has 1 amide bonds. The minimum atomic E-state index is -1.35. The van der Waals surface area contributed by atoms with Crippen molar-refractivity contribution >= 4 is 46.0 Å². The average molecular weight is 406 g/mol. The largest absolute Gasteiger partial charge is 0.477 e. The molecule has 0 fully saturated rings. The van der Waals surface area contributed by atoms with E-state index in [1.165, 1.54) is 12.1 Å². The number of carbonyl (C=O) groups is 2. The van der Waals surface area contributed by atoms with Gasteiger partial charge in [-0.2, -0.15) is 0 Å². The van der Waals surface area contributed by atoms with Crippen LogP contribution in [0.3, 0.4) is 0 Å². The highest BCUT2D eigenvalue weighted by Gasteiger charge is 2.17. The number of hydrogen-bond donors (Lipinski definition) is 3. The molecule has 0 atom stereocenters. The number of amides is 1. The molecule has 3 rings (SSSR count). The van der Waals surface area contributed by atoms with Crippen LogP contribution in [0, 0.1) is 0 Å². The zero-order chi connectivity index (χ0) is 19.6. The van der Waals surface area contributed by atoms with Crippen molar-refractivity contribution in [3.63, 3.8) is 0 Å². The minimum absolute atomic E-state index is 0.0113. The van der Waals surface area contributed by atoms with Crippen molar-refractivity contribution in [2.75, 3.05) is 0 Å². The molecule has 0 unspecified atom stereocenters. The Morgan fingerprint density at radius 1 is 1.26 bits per heavy atom. The second-order valence-electron chi connectivity index (χ2n) is 5.75. The normalized spacial score (nSPS) is 10.7.